The molecule has 2 aliphatic rings. The van der Waals surface area contributed by atoms with Gasteiger partial charge in [0.15, 0.2) is 0 Å². The Morgan fingerprint density at radius 2 is 2.10 bits per heavy atom. The number of fused-ring (bicyclic) bond motifs is 1. The predicted octanol–water partition coefficient (Wildman–Crippen LogP) is 3.63. The Morgan fingerprint density at radius 3 is 2.90 bits per heavy atom. The number of thiazole rings is 1. The zero-order valence-corrected chi connectivity index (χ0v) is 17.6. The van der Waals surface area contributed by atoms with E-state index in [0.29, 0.717) is 35.8 Å². The van der Waals surface area contributed by atoms with Crippen molar-refractivity contribution in [2.24, 2.45) is 4.99 Å². The average molecular weight is 438 g/mol. The molecular formula is C20H21F2N3O2S2. The maximum atomic E-state index is 15.0. The van der Waals surface area contributed by atoms with E-state index in [-0.39, 0.29) is 17.9 Å². The van der Waals surface area contributed by atoms with Crippen molar-refractivity contribution in [1.82, 2.24) is 10.3 Å². The minimum atomic E-state index is -0.712. The number of rotatable bonds is 6. The van der Waals surface area contributed by atoms with Crippen LogP contribution in [-0.4, -0.2) is 44.1 Å². The normalized spacial score (nSPS) is 16.6. The molecule has 3 heterocycles. The lowest BCUT2D eigenvalue weighted by atomic mass is 9.96. The van der Waals surface area contributed by atoms with Crippen LogP contribution in [0.5, 0.6) is 5.75 Å². The van der Waals surface area contributed by atoms with Crippen molar-refractivity contribution < 1.29 is 18.3 Å². The molecule has 154 valence electrons. The predicted molar refractivity (Wildman–Crippen MR) is 113 cm³/mol. The second-order valence-corrected chi connectivity index (χ2v) is 8.34. The number of hydrogen-bond acceptors (Lipinski definition) is 7. The van der Waals surface area contributed by atoms with Crippen LogP contribution in [0, 0.1) is 11.6 Å². The molecular weight excluding hydrogens is 416 g/mol. The molecule has 0 bridgehead atoms. The van der Waals surface area contributed by atoms with Crippen molar-refractivity contribution in [2.75, 3.05) is 33.4 Å². The molecule has 4 rings (SSSR count). The van der Waals surface area contributed by atoms with Crippen LogP contribution < -0.4 is 10.1 Å². The van der Waals surface area contributed by atoms with Gasteiger partial charge >= 0.3 is 0 Å². The van der Waals surface area contributed by atoms with E-state index in [1.54, 1.807) is 11.3 Å². The van der Waals surface area contributed by atoms with Gasteiger partial charge in [-0.25, -0.2) is 13.8 Å². The first kappa shape index (κ1) is 20.5. The molecule has 5 nitrogen and oxygen atoms in total. The number of benzene rings is 1. The van der Waals surface area contributed by atoms with Gasteiger partial charge in [-0.05, 0) is 11.3 Å². The number of hydrogen-bond donors (Lipinski definition) is 2. The fourth-order valence-corrected chi connectivity index (χ4v) is 4.83. The number of dihydropyridines is 1. The molecule has 1 N–H and O–H groups in total. The standard InChI is InChI=1S/C20H21F2N3O2S2/c1-26-6-7-27-14-9-11(21)8-12(22)17(14)18-15(28)3-5-24-19(18)20-25-13-2-4-23-10-16(13)29-20/h8-9,23,28H,2-7,10H2,1H3. The van der Waals surface area contributed by atoms with Crippen LogP contribution in [0.15, 0.2) is 22.0 Å². The van der Waals surface area contributed by atoms with E-state index < -0.39 is 11.6 Å². The number of aliphatic imine (C=N–C) groups is 1. The molecule has 0 aliphatic carbocycles. The molecule has 0 saturated heterocycles. The Hall–Kier alpha value is -1.81. The van der Waals surface area contributed by atoms with Crippen molar-refractivity contribution in [1.29, 1.82) is 0 Å². The van der Waals surface area contributed by atoms with Gasteiger partial charge in [0.05, 0.1) is 17.9 Å². The third-order valence-corrected chi connectivity index (χ3v) is 6.31. The fourth-order valence-electron chi connectivity index (χ4n) is 3.42. The second-order valence-electron chi connectivity index (χ2n) is 6.72. The number of halogens is 2. The van der Waals surface area contributed by atoms with Gasteiger partial charge in [0.25, 0.3) is 0 Å². The Balaban J connectivity index is 1.79. The van der Waals surface area contributed by atoms with E-state index >= 15 is 0 Å². The van der Waals surface area contributed by atoms with Gasteiger partial charge in [-0.3, -0.25) is 4.99 Å². The van der Waals surface area contributed by atoms with Gasteiger partial charge in [0.2, 0.25) is 0 Å². The summed E-state index contributed by atoms with van der Waals surface area (Å²) in [6, 6.07) is 2.04. The highest BCUT2D eigenvalue weighted by Crippen LogP contribution is 2.39. The van der Waals surface area contributed by atoms with Crippen molar-refractivity contribution in [2.45, 2.75) is 19.4 Å². The molecule has 0 atom stereocenters. The first-order valence-corrected chi connectivity index (χ1v) is 10.6. The highest BCUT2D eigenvalue weighted by atomic mass is 32.1. The number of thiol groups is 1. The Labute approximate surface area is 177 Å². The van der Waals surface area contributed by atoms with Crippen LogP contribution >= 0.6 is 24.0 Å². The molecule has 0 radical (unpaired) electrons. The van der Waals surface area contributed by atoms with E-state index in [1.165, 1.54) is 13.2 Å². The fraction of sp³-hybridized carbons (Fsp3) is 0.400. The average Bonchev–Trinajstić information content (AvgIpc) is 3.12. The summed E-state index contributed by atoms with van der Waals surface area (Å²) < 4.78 is 39.6. The SMILES string of the molecule is COCCOc1cc(F)cc(F)c1C1=C(S)CCN=C1c1nc2c(s1)CNCC2. The van der Waals surface area contributed by atoms with Gasteiger partial charge in [0, 0.05) is 55.7 Å². The number of nitrogens with one attached hydrogen (secondary N) is 1. The van der Waals surface area contributed by atoms with E-state index in [1.807, 2.05) is 0 Å². The largest absolute Gasteiger partial charge is 0.490 e. The van der Waals surface area contributed by atoms with Gasteiger partial charge in [0.1, 0.15) is 34.7 Å². The van der Waals surface area contributed by atoms with Crippen LogP contribution in [0.2, 0.25) is 0 Å². The molecule has 0 spiro atoms. The number of methoxy groups -OCH3 is 1. The first-order valence-electron chi connectivity index (χ1n) is 9.36. The summed E-state index contributed by atoms with van der Waals surface area (Å²) in [6.45, 7) is 2.67. The van der Waals surface area contributed by atoms with E-state index in [4.69, 9.17) is 14.5 Å². The molecule has 9 heteroatoms. The van der Waals surface area contributed by atoms with Gasteiger partial charge < -0.3 is 14.8 Å². The zero-order chi connectivity index (χ0) is 20.4. The molecule has 0 unspecified atom stereocenters. The highest BCUT2D eigenvalue weighted by Gasteiger charge is 2.29. The summed E-state index contributed by atoms with van der Waals surface area (Å²) in [7, 11) is 1.54. The van der Waals surface area contributed by atoms with Crippen LogP contribution in [-0.2, 0) is 17.7 Å². The van der Waals surface area contributed by atoms with Crippen LogP contribution in [0.1, 0.15) is 27.6 Å². The Bertz CT molecular complexity index is 965. The number of allylic oxidation sites excluding steroid dienone is 1. The summed E-state index contributed by atoms with van der Waals surface area (Å²) in [6.07, 6.45) is 1.42. The minimum absolute atomic E-state index is 0.110. The van der Waals surface area contributed by atoms with E-state index in [2.05, 4.69) is 22.9 Å². The van der Waals surface area contributed by atoms with Crippen LogP contribution in [0.4, 0.5) is 8.78 Å². The van der Waals surface area contributed by atoms with Crippen molar-refractivity contribution >= 4 is 35.3 Å². The zero-order valence-electron chi connectivity index (χ0n) is 15.9. The minimum Gasteiger partial charge on any atom is -0.490 e. The quantitative estimate of drug-likeness (QED) is 0.535. The smallest absolute Gasteiger partial charge is 0.142 e. The molecule has 2 aliphatic heterocycles. The van der Waals surface area contributed by atoms with Crippen LogP contribution in [0.3, 0.4) is 0 Å². The summed E-state index contributed by atoms with van der Waals surface area (Å²) in [4.78, 5) is 11.3. The Morgan fingerprint density at radius 1 is 1.24 bits per heavy atom. The molecule has 29 heavy (non-hydrogen) atoms. The maximum Gasteiger partial charge on any atom is 0.142 e. The molecule has 1 aromatic heterocycles. The van der Waals surface area contributed by atoms with Crippen molar-refractivity contribution in [3.63, 3.8) is 0 Å². The molecule has 0 amide bonds. The first-order chi connectivity index (χ1) is 14.1. The van der Waals surface area contributed by atoms with Crippen LogP contribution in [0.25, 0.3) is 5.57 Å². The lowest BCUT2D eigenvalue weighted by Gasteiger charge is -2.21. The van der Waals surface area contributed by atoms with E-state index in [9.17, 15) is 8.78 Å². The maximum absolute atomic E-state index is 15.0. The summed E-state index contributed by atoms with van der Waals surface area (Å²) in [5, 5.41) is 4.06. The lowest BCUT2D eigenvalue weighted by Crippen LogP contribution is -2.22. The number of aromatic nitrogens is 1. The molecule has 0 saturated carbocycles. The third kappa shape index (κ3) is 4.23. The second kappa shape index (κ2) is 8.91. The summed E-state index contributed by atoms with van der Waals surface area (Å²) in [5.41, 5.74) is 2.32. The lowest BCUT2D eigenvalue weighted by molar-refractivity contribution is 0.145. The monoisotopic (exact) mass is 437 g/mol. The summed E-state index contributed by atoms with van der Waals surface area (Å²) >= 11 is 6.17. The summed E-state index contributed by atoms with van der Waals surface area (Å²) in [5.74, 6) is -1.31. The van der Waals surface area contributed by atoms with Gasteiger partial charge in [-0.15, -0.1) is 24.0 Å². The number of ether oxygens (including phenoxy) is 2. The molecule has 1 aromatic carbocycles. The highest BCUT2D eigenvalue weighted by molar-refractivity contribution is 7.84. The topological polar surface area (TPSA) is 55.7 Å². The van der Waals surface area contributed by atoms with Crippen molar-refractivity contribution in [3.8, 4) is 5.75 Å². The number of nitrogens with zero attached hydrogens (tertiary/aromatic N) is 2. The van der Waals surface area contributed by atoms with Crippen molar-refractivity contribution in [3.05, 3.63) is 49.8 Å². The molecule has 0 fully saturated rings. The van der Waals surface area contributed by atoms with Gasteiger partial charge in [-0.2, -0.15) is 0 Å². The van der Waals surface area contributed by atoms with Gasteiger partial charge in [-0.1, -0.05) is 0 Å². The molecule has 2 aromatic rings. The Kier molecular flexibility index (Phi) is 6.29. The third-order valence-electron chi connectivity index (χ3n) is 4.76. The van der Waals surface area contributed by atoms with E-state index in [0.717, 1.165) is 41.2 Å².